The number of rotatable bonds is 3. The number of piperidine rings is 1. The molecule has 0 unspecified atom stereocenters. The fourth-order valence-electron chi connectivity index (χ4n) is 2.02. The first-order chi connectivity index (χ1) is 7.70. The van der Waals surface area contributed by atoms with Crippen LogP contribution in [0.1, 0.15) is 19.8 Å². The van der Waals surface area contributed by atoms with Crippen molar-refractivity contribution in [1.82, 2.24) is 10.3 Å². The number of aromatic nitrogens is 1. The zero-order chi connectivity index (χ0) is 11.4. The highest BCUT2D eigenvalue weighted by molar-refractivity contribution is 5.35. The second-order valence-corrected chi connectivity index (χ2v) is 4.75. The van der Waals surface area contributed by atoms with E-state index in [-0.39, 0.29) is 11.2 Å². The molecular formula is C12H18FN3. The number of anilines is 1. The molecule has 0 aromatic carbocycles. The van der Waals surface area contributed by atoms with Crippen LogP contribution in [0.5, 0.6) is 0 Å². The SMILES string of the molecule is CC1(CNc2ncccc2F)CCNCC1. The third-order valence-corrected chi connectivity index (χ3v) is 3.25. The normalized spacial score (nSPS) is 19.4. The number of halogens is 1. The van der Waals surface area contributed by atoms with Crippen LogP contribution in [0.25, 0.3) is 0 Å². The molecule has 1 saturated heterocycles. The van der Waals surface area contributed by atoms with Crippen molar-refractivity contribution < 1.29 is 4.39 Å². The molecule has 1 aliphatic rings. The summed E-state index contributed by atoms with van der Waals surface area (Å²) in [5, 5.41) is 6.44. The first-order valence-corrected chi connectivity index (χ1v) is 5.75. The van der Waals surface area contributed by atoms with Crippen LogP contribution in [-0.4, -0.2) is 24.6 Å². The van der Waals surface area contributed by atoms with Gasteiger partial charge in [-0.1, -0.05) is 6.92 Å². The summed E-state index contributed by atoms with van der Waals surface area (Å²) in [7, 11) is 0. The molecule has 0 amide bonds. The second-order valence-electron chi connectivity index (χ2n) is 4.75. The van der Waals surface area contributed by atoms with Crippen molar-refractivity contribution >= 4 is 5.82 Å². The van der Waals surface area contributed by atoms with Gasteiger partial charge in [-0.25, -0.2) is 9.37 Å². The zero-order valence-electron chi connectivity index (χ0n) is 9.59. The topological polar surface area (TPSA) is 37.0 Å². The molecular weight excluding hydrogens is 205 g/mol. The number of pyridine rings is 1. The fourth-order valence-corrected chi connectivity index (χ4v) is 2.02. The molecule has 0 saturated carbocycles. The Labute approximate surface area is 95.5 Å². The van der Waals surface area contributed by atoms with Crippen molar-refractivity contribution in [3.05, 3.63) is 24.1 Å². The molecule has 1 aromatic heterocycles. The minimum Gasteiger partial charge on any atom is -0.367 e. The van der Waals surface area contributed by atoms with Gasteiger partial charge in [0, 0.05) is 12.7 Å². The van der Waals surface area contributed by atoms with Crippen LogP contribution >= 0.6 is 0 Å². The van der Waals surface area contributed by atoms with E-state index in [4.69, 9.17) is 0 Å². The Morgan fingerprint density at radius 3 is 2.94 bits per heavy atom. The van der Waals surface area contributed by atoms with Crippen LogP contribution < -0.4 is 10.6 Å². The van der Waals surface area contributed by atoms with Gasteiger partial charge in [0.25, 0.3) is 0 Å². The van der Waals surface area contributed by atoms with E-state index in [0.29, 0.717) is 5.82 Å². The molecule has 0 bridgehead atoms. The van der Waals surface area contributed by atoms with Gasteiger partial charge in [-0.3, -0.25) is 0 Å². The quantitative estimate of drug-likeness (QED) is 0.823. The molecule has 0 radical (unpaired) electrons. The molecule has 1 fully saturated rings. The van der Waals surface area contributed by atoms with E-state index in [1.54, 1.807) is 12.3 Å². The van der Waals surface area contributed by atoms with Crippen LogP contribution in [0.3, 0.4) is 0 Å². The van der Waals surface area contributed by atoms with E-state index < -0.39 is 0 Å². The summed E-state index contributed by atoms with van der Waals surface area (Å²) in [6.45, 7) is 5.11. The van der Waals surface area contributed by atoms with Crippen LogP contribution in [0.4, 0.5) is 10.2 Å². The van der Waals surface area contributed by atoms with Gasteiger partial charge in [-0.15, -0.1) is 0 Å². The molecule has 1 aromatic rings. The lowest BCUT2D eigenvalue weighted by molar-refractivity contribution is 0.247. The molecule has 4 heteroatoms. The molecule has 16 heavy (non-hydrogen) atoms. The third kappa shape index (κ3) is 2.70. The average molecular weight is 223 g/mol. The highest BCUT2D eigenvalue weighted by Gasteiger charge is 2.26. The van der Waals surface area contributed by atoms with Gasteiger partial charge < -0.3 is 10.6 Å². The van der Waals surface area contributed by atoms with Gasteiger partial charge in [0.05, 0.1) is 0 Å². The summed E-state index contributed by atoms with van der Waals surface area (Å²) in [5.74, 6) is 0.0855. The minimum absolute atomic E-state index is 0.245. The number of hydrogen-bond donors (Lipinski definition) is 2. The van der Waals surface area contributed by atoms with Crippen LogP contribution in [-0.2, 0) is 0 Å². The van der Waals surface area contributed by atoms with Crippen molar-refractivity contribution in [2.75, 3.05) is 25.0 Å². The lowest BCUT2D eigenvalue weighted by Gasteiger charge is -2.34. The summed E-state index contributed by atoms with van der Waals surface area (Å²) in [6, 6.07) is 3.03. The summed E-state index contributed by atoms with van der Waals surface area (Å²) in [4.78, 5) is 3.99. The number of nitrogens with zero attached hydrogens (tertiary/aromatic N) is 1. The highest BCUT2D eigenvalue weighted by atomic mass is 19.1. The monoisotopic (exact) mass is 223 g/mol. The van der Waals surface area contributed by atoms with Gasteiger partial charge in [0.2, 0.25) is 0 Å². The van der Waals surface area contributed by atoms with E-state index in [1.165, 1.54) is 6.07 Å². The fraction of sp³-hybridized carbons (Fsp3) is 0.583. The Hall–Kier alpha value is -1.16. The van der Waals surface area contributed by atoms with Gasteiger partial charge in [-0.2, -0.15) is 0 Å². The predicted molar refractivity (Wildman–Crippen MR) is 62.9 cm³/mol. The third-order valence-electron chi connectivity index (χ3n) is 3.25. The molecule has 2 N–H and O–H groups in total. The maximum absolute atomic E-state index is 13.3. The van der Waals surface area contributed by atoms with E-state index in [9.17, 15) is 4.39 Å². The van der Waals surface area contributed by atoms with Crippen molar-refractivity contribution in [3.8, 4) is 0 Å². The summed E-state index contributed by atoms with van der Waals surface area (Å²) < 4.78 is 13.3. The number of hydrogen-bond acceptors (Lipinski definition) is 3. The van der Waals surface area contributed by atoms with Crippen molar-refractivity contribution in [2.24, 2.45) is 5.41 Å². The molecule has 0 aliphatic carbocycles. The molecule has 2 heterocycles. The number of nitrogens with one attached hydrogen (secondary N) is 2. The van der Waals surface area contributed by atoms with Crippen LogP contribution in [0.2, 0.25) is 0 Å². The van der Waals surface area contributed by atoms with Gasteiger partial charge in [0.15, 0.2) is 11.6 Å². The Morgan fingerprint density at radius 1 is 1.50 bits per heavy atom. The molecule has 0 atom stereocenters. The van der Waals surface area contributed by atoms with E-state index in [1.807, 2.05) is 0 Å². The van der Waals surface area contributed by atoms with Gasteiger partial charge in [0.1, 0.15) is 0 Å². The largest absolute Gasteiger partial charge is 0.367 e. The van der Waals surface area contributed by atoms with Gasteiger partial charge in [-0.05, 0) is 43.5 Å². The smallest absolute Gasteiger partial charge is 0.165 e. The Bertz CT molecular complexity index is 348. The Balaban J connectivity index is 1.94. The predicted octanol–water partition coefficient (Wildman–Crippen LogP) is 2.02. The van der Waals surface area contributed by atoms with Crippen LogP contribution in [0, 0.1) is 11.2 Å². The van der Waals surface area contributed by atoms with Crippen molar-refractivity contribution in [3.63, 3.8) is 0 Å². The molecule has 2 rings (SSSR count). The lowest BCUT2D eigenvalue weighted by atomic mass is 9.81. The van der Waals surface area contributed by atoms with E-state index >= 15 is 0 Å². The average Bonchev–Trinajstić information content (AvgIpc) is 2.29. The van der Waals surface area contributed by atoms with E-state index in [2.05, 4.69) is 22.5 Å². The lowest BCUT2D eigenvalue weighted by Crippen LogP contribution is -2.39. The second kappa shape index (κ2) is 4.78. The Morgan fingerprint density at radius 2 is 2.25 bits per heavy atom. The van der Waals surface area contributed by atoms with Crippen molar-refractivity contribution in [1.29, 1.82) is 0 Å². The summed E-state index contributed by atoms with van der Waals surface area (Å²) in [6.07, 6.45) is 3.85. The van der Waals surface area contributed by atoms with E-state index in [0.717, 1.165) is 32.5 Å². The molecule has 3 nitrogen and oxygen atoms in total. The first kappa shape index (κ1) is 11.3. The maximum atomic E-state index is 13.3. The minimum atomic E-state index is -0.278. The Kier molecular flexibility index (Phi) is 3.39. The summed E-state index contributed by atoms with van der Waals surface area (Å²) in [5.41, 5.74) is 0.245. The highest BCUT2D eigenvalue weighted by Crippen LogP contribution is 2.28. The first-order valence-electron chi connectivity index (χ1n) is 5.75. The van der Waals surface area contributed by atoms with Crippen molar-refractivity contribution in [2.45, 2.75) is 19.8 Å². The molecule has 88 valence electrons. The molecule has 0 spiro atoms. The summed E-state index contributed by atoms with van der Waals surface area (Å²) >= 11 is 0. The van der Waals surface area contributed by atoms with Crippen LogP contribution in [0.15, 0.2) is 18.3 Å². The standard InChI is InChI=1S/C12H18FN3/c1-12(4-7-14-8-5-12)9-16-11-10(13)3-2-6-15-11/h2-3,6,14H,4-5,7-9H2,1H3,(H,15,16). The zero-order valence-corrected chi connectivity index (χ0v) is 9.59. The van der Waals surface area contributed by atoms with Gasteiger partial charge >= 0.3 is 0 Å². The molecule has 1 aliphatic heterocycles. The maximum Gasteiger partial charge on any atom is 0.165 e.